The normalized spacial score (nSPS) is 19.9. The standard InChI is InChI=1S/C16H21NO2/c1-18-15-8-5-6-13(12-15)10-11-14-7-3-4-9-16(17-14)19-2/h5-6,8,10-12,14H,3-4,7,9H2,1-2H3. The van der Waals surface area contributed by atoms with Gasteiger partial charge in [-0.2, -0.15) is 0 Å². The molecule has 0 radical (unpaired) electrons. The second kappa shape index (κ2) is 6.98. The summed E-state index contributed by atoms with van der Waals surface area (Å²) in [6.07, 6.45) is 8.67. The number of methoxy groups -OCH3 is 2. The molecule has 0 aliphatic carbocycles. The lowest BCUT2D eigenvalue weighted by Crippen LogP contribution is -2.04. The van der Waals surface area contributed by atoms with E-state index in [2.05, 4.69) is 23.2 Å². The average Bonchev–Trinajstić information content (AvgIpc) is 2.70. The van der Waals surface area contributed by atoms with Gasteiger partial charge in [0.25, 0.3) is 0 Å². The highest BCUT2D eigenvalue weighted by Crippen LogP contribution is 2.18. The minimum Gasteiger partial charge on any atom is -0.497 e. The number of hydrogen-bond acceptors (Lipinski definition) is 3. The van der Waals surface area contributed by atoms with Crippen molar-refractivity contribution < 1.29 is 9.47 Å². The first-order valence-corrected chi connectivity index (χ1v) is 6.75. The van der Waals surface area contributed by atoms with Gasteiger partial charge in [-0.05, 0) is 30.5 Å². The van der Waals surface area contributed by atoms with Crippen LogP contribution in [-0.4, -0.2) is 26.2 Å². The summed E-state index contributed by atoms with van der Waals surface area (Å²) < 4.78 is 10.5. The maximum absolute atomic E-state index is 5.29. The molecule has 2 rings (SSSR count). The van der Waals surface area contributed by atoms with Crippen LogP contribution < -0.4 is 4.74 Å². The largest absolute Gasteiger partial charge is 0.497 e. The highest BCUT2D eigenvalue weighted by Gasteiger charge is 2.10. The molecule has 1 aromatic rings. The van der Waals surface area contributed by atoms with Crippen LogP contribution in [-0.2, 0) is 4.74 Å². The van der Waals surface area contributed by atoms with E-state index in [-0.39, 0.29) is 6.04 Å². The van der Waals surface area contributed by atoms with Crippen LogP contribution in [0.15, 0.2) is 35.3 Å². The van der Waals surface area contributed by atoms with E-state index in [1.807, 2.05) is 18.2 Å². The first-order valence-electron chi connectivity index (χ1n) is 6.75. The number of hydrogen-bond donors (Lipinski definition) is 0. The van der Waals surface area contributed by atoms with Crippen LogP contribution in [0.3, 0.4) is 0 Å². The summed E-state index contributed by atoms with van der Waals surface area (Å²) >= 11 is 0. The van der Waals surface area contributed by atoms with Gasteiger partial charge in [0.2, 0.25) is 0 Å². The molecule has 19 heavy (non-hydrogen) atoms. The monoisotopic (exact) mass is 259 g/mol. The molecule has 1 unspecified atom stereocenters. The Balaban J connectivity index is 2.07. The van der Waals surface area contributed by atoms with Gasteiger partial charge < -0.3 is 9.47 Å². The number of benzene rings is 1. The maximum Gasteiger partial charge on any atom is 0.183 e. The fourth-order valence-corrected chi connectivity index (χ4v) is 2.21. The molecule has 1 atom stereocenters. The molecule has 0 N–H and O–H groups in total. The molecule has 1 aromatic carbocycles. The molecule has 0 spiro atoms. The van der Waals surface area contributed by atoms with Crippen molar-refractivity contribution in [3.05, 3.63) is 35.9 Å². The van der Waals surface area contributed by atoms with Crippen molar-refractivity contribution in [1.29, 1.82) is 0 Å². The minimum absolute atomic E-state index is 0.226. The predicted octanol–water partition coefficient (Wildman–Crippen LogP) is 3.70. The number of rotatable bonds is 3. The summed E-state index contributed by atoms with van der Waals surface area (Å²) in [5.74, 6) is 1.75. The quantitative estimate of drug-likeness (QED) is 0.828. The molecule has 1 aliphatic rings. The van der Waals surface area contributed by atoms with Crippen LogP contribution in [0.5, 0.6) is 5.75 Å². The van der Waals surface area contributed by atoms with E-state index in [0.29, 0.717) is 0 Å². The Bertz CT molecular complexity index is 466. The van der Waals surface area contributed by atoms with Crippen LogP contribution in [0.2, 0.25) is 0 Å². The summed E-state index contributed by atoms with van der Waals surface area (Å²) in [5, 5.41) is 0. The van der Waals surface area contributed by atoms with Gasteiger partial charge in [-0.1, -0.05) is 30.7 Å². The van der Waals surface area contributed by atoms with Gasteiger partial charge in [0.15, 0.2) is 5.90 Å². The summed E-state index contributed by atoms with van der Waals surface area (Å²) in [6.45, 7) is 0. The Labute approximate surface area is 115 Å². The molecule has 3 heteroatoms. The molecule has 1 heterocycles. The van der Waals surface area contributed by atoms with Crippen molar-refractivity contribution in [1.82, 2.24) is 0 Å². The SMILES string of the molecule is COC1=NC(C=Cc2cccc(OC)c2)CCCC1. The minimum atomic E-state index is 0.226. The molecule has 0 fully saturated rings. The van der Waals surface area contributed by atoms with Gasteiger partial charge in [0, 0.05) is 6.42 Å². The van der Waals surface area contributed by atoms with Crippen molar-refractivity contribution in [2.45, 2.75) is 31.7 Å². The van der Waals surface area contributed by atoms with Crippen LogP contribution in [0, 0.1) is 0 Å². The summed E-state index contributed by atoms with van der Waals surface area (Å²) in [7, 11) is 3.39. The Kier molecular flexibility index (Phi) is 5.01. The third-order valence-corrected chi connectivity index (χ3v) is 3.29. The predicted molar refractivity (Wildman–Crippen MR) is 78.7 cm³/mol. The van der Waals surface area contributed by atoms with Crippen LogP contribution in [0.1, 0.15) is 31.2 Å². The molecule has 0 aromatic heterocycles. The van der Waals surface area contributed by atoms with E-state index in [4.69, 9.17) is 9.47 Å². The van der Waals surface area contributed by atoms with E-state index in [1.54, 1.807) is 14.2 Å². The zero-order valence-electron chi connectivity index (χ0n) is 11.6. The summed E-state index contributed by atoms with van der Waals surface area (Å²) in [4.78, 5) is 4.63. The molecular formula is C16H21NO2. The first-order chi connectivity index (χ1) is 9.31. The van der Waals surface area contributed by atoms with Crippen molar-refractivity contribution >= 4 is 12.0 Å². The number of ether oxygens (including phenoxy) is 2. The molecule has 0 bridgehead atoms. The van der Waals surface area contributed by atoms with Crippen molar-refractivity contribution in [2.24, 2.45) is 4.99 Å². The third kappa shape index (κ3) is 4.12. The Morgan fingerprint density at radius 2 is 2.11 bits per heavy atom. The van der Waals surface area contributed by atoms with Crippen molar-refractivity contribution in [2.75, 3.05) is 14.2 Å². The van der Waals surface area contributed by atoms with Gasteiger partial charge >= 0.3 is 0 Å². The van der Waals surface area contributed by atoms with Gasteiger partial charge in [-0.15, -0.1) is 0 Å². The van der Waals surface area contributed by atoms with E-state index in [0.717, 1.165) is 36.5 Å². The number of nitrogens with zero attached hydrogens (tertiary/aromatic N) is 1. The molecule has 0 saturated heterocycles. The van der Waals surface area contributed by atoms with E-state index in [1.165, 1.54) is 6.42 Å². The molecule has 0 saturated carbocycles. The molecular weight excluding hydrogens is 238 g/mol. The van der Waals surface area contributed by atoms with Gasteiger partial charge in [-0.3, -0.25) is 0 Å². The lowest BCUT2D eigenvalue weighted by molar-refractivity contribution is 0.387. The van der Waals surface area contributed by atoms with Gasteiger partial charge in [0.1, 0.15) is 5.75 Å². The Hall–Kier alpha value is -1.77. The molecule has 3 nitrogen and oxygen atoms in total. The Morgan fingerprint density at radius 3 is 2.89 bits per heavy atom. The fraction of sp³-hybridized carbons (Fsp3) is 0.438. The van der Waals surface area contributed by atoms with E-state index < -0.39 is 0 Å². The maximum atomic E-state index is 5.29. The van der Waals surface area contributed by atoms with Crippen molar-refractivity contribution in [3.8, 4) is 5.75 Å². The third-order valence-electron chi connectivity index (χ3n) is 3.29. The molecule has 0 amide bonds. The van der Waals surface area contributed by atoms with Crippen LogP contribution >= 0.6 is 0 Å². The fourth-order valence-electron chi connectivity index (χ4n) is 2.21. The van der Waals surface area contributed by atoms with Crippen LogP contribution in [0.25, 0.3) is 6.08 Å². The highest BCUT2D eigenvalue weighted by atomic mass is 16.5. The van der Waals surface area contributed by atoms with Crippen molar-refractivity contribution in [3.63, 3.8) is 0 Å². The lowest BCUT2D eigenvalue weighted by Gasteiger charge is -2.06. The Morgan fingerprint density at radius 1 is 1.21 bits per heavy atom. The van der Waals surface area contributed by atoms with Crippen LogP contribution in [0.4, 0.5) is 0 Å². The average molecular weight is 259 g/mol. The van der Waals surface area contributed by atoms with Gasteiger partial charge in [-0.25, -0.2) is 4.99 Å². The second-order valence-electron chi connectivity index (χ2n) is 4.68. The first kappa shape index (κ1) is 13.7. The topological polar surface area (TPSA) is 30.8 Å². The van der Waals surface area contributed by atoms with Gasteiger partial charge in [0.05, 0.1) is 20.3 Å². The number of aliphatic imine (C=N–C) groups is 1. The molecule has 102 valence electrons. The lowest BCUT2D eigenvalue weighted by atomic mass is 10.1. The highest BCUT2D eigenvalue weighted by molar-refractivity contribution is 5.76. The van der Waals surface area contributed by atoms with E-state index in [9.17, 15) is 0 Å². The zero-order valence-corrected chi connectivity index (χ0v) is 11.6. The zero-order chi connectivity index (χ0) is 13.5. The molecule has 1 aliphatic heterocycles. The summed E-state index contributed by atoms with van der Waals surface area (Å²) in [6, 6.07) is 8.26. The second-order valence-corrected chi connectivity index (χ2v) is 4.68. The smallest absolute Gasteiger partial charge is 0.183 e. The summed E-state index contributed by atoms with van der Waals surface area (Å²) in [5.41, 5.74) is 1.14. The van der Waals surface area contributed by atoms with E-state index >= 15 is 0 Å².